The van der Waals surface area contributed by atoms with Crippen molar-refractivity contribution in [2.24, 2.45) is 5.92 Å². The number of carbonyl (C=O) groups is 1. The average molecular weight is 339 g/mol. The summed E-state index contributed by atoms with van der Waals surface area (Å²) in [5.74, 6) is 0.0500. The van der Waals surface area contributed by atoms with Crippen molar-refractivity contribution in [2.75, 3.05) is 0 Å². The van der Waals surface area contributed by atoms with Crippen molar-refractivity contribution in [1.29, 1.82) is 0 Å². The van der Waals surface area contributed by atoms with Crippen LogP contribution >= 0.6 is 11.6 Å². The van der Waals surface area contributed by atoms with Gasteiger partial charge in [0.2, 0.25) is 0 Å². The molecule has 0 radical (unpaired) electrons. The van der Waals surface area contributed by atoms with Gasteiger partial charge >= 0.3 is 51.4 Å². The van der Waals surface area contributed by atoms with Crippen LogP contribution < -0.4 is 56.1 Å². The van der Waals surface area contributed by atoms with E-state index in [1.807, 2.05) is 13.8 Å². The summed E-state index contributed by atoms with van der Waals surface area (Å²) in [6, 6.07) is 3.02. The Balaban J connectivity index is 0.00000400. The van der Waals surface area contributed by atoms with Gasteiger partial charge in [-0.1, -0.05) is 31.9 Å². The van der Waals surface area contributed by atoms with Crippen molar-refractivity contribution in [3.8, 4) is 5.75 Å². The van der Waals surface area contributed by atoms with E-state index in [4.69, 9.17) is 16.3 Å². The van der Waals surface area contributed by atoms with E-state index in [1.165, 1.54) is 6.07 Å². The standard InChI is InChI=1S/C16H21ClFO2.K/c1-11(2)14(19)8-6-4-5-7-12-9-13(17)10-15(20-3)16(12)18;/h9-11H,3-8H2,1-2H3;/q-1;+1. The summed E-state index contributed by atoms with van der Waals surface area (Å²) in [6.07, 6.45) is 3.74. The minimum absolute atomic E-state index is 0. The zero-order chi connectivity index (χ0) is 15.1. The number of rotatable bonds is 8. The fourth-order valence-corrected chi connectivity index (χ4v) is 2.22. The summed E-state index contributed by atoms with van der Waals surface area (Å²) in [7, 11) is 3.21. The van der Waals surface area contributed by atoms with Gasteiger partial charge in [0, 0.05) is 17.4 Å². The second kappa shape index (κ2) is 11.1. The van der Waals surface area contributed by atoms with Gasteiger partial charge in [0.1, 0.15) is 11.5 Å². The summed E-state index contributed by atoms with van der Waals surface area (Å²) in [6.45, 7) is 3.81. The molecule has 0 unspecified atom stereocenters. The molecule has 1 rings (SSSR count). The summed E-state index contributed by atoms with van der Waals surface area (Å²) < 4.78 is 18.6. The van der Waals surface area contributed by atoms with E-state index in [-0.39, 0.29) is 68.8 Å². The monoisotopic (exact) mass is 338 g/mol. The number of ether oxygens (including phenoxy) is 1. The smallest absolute Gasteiger partial charge is 0.663 e. The Hall–Kier alpha value is 0.546. The zero-order valence-corrected chi connectivity index (χ0v) is 16.9. The molecule has 5 heteroatoms. The van der Waals surface area contributed by atoms with Crippen LogP contribution in [0.4, 0.5) is 4.39 Å². The van der Waals surface area contributed by atoms with E-state index >= 15 is 0 Å². The number of benzene rings is 1. The second-order valence-electron chi connectivity index (χ2n) is 5.20. The van der Waals surface area contributed by atoms with Crippen LogP contribution in [0, 0.1) is 18.8 Å². The van der Waals surface area contributed by atoms with Gasteiger partial charge in [-0.25, -0.2) is 4.39 Å². The topological polar surface area (TPSA) is 26.3 Å². The number of halogens is 2. The molecule has 0 aliphatic rings. The molecule has 0 atom stereocenters. The molecule has 0 aromatic heterocycles. The van der Waals surface area contributed by atoms with Crippen molar-refractivity contribution in [1.82, 2.24) is 0 Å². The van der Waals surface area contributed by atoms with Crippen LogP contribution in [0.25, 0.3) is 0 Å². The normalized spacial score (nSPS) is 10.4. The molecule has 0 heterocycles. The molecule has 0 amide bonds. The maximum Gasteiger partial charge on any atom is 1.00 e. The molecular weight excluding hydrogens is 318 g/mol. The summed E-state index contributed by atoms with van der Waals surface area (Å²) in [4.78, 5) is 11.5. The number of unbranched alkanes of at least 4 members (excludes halogenated alkanes) is 2. The molecule has 0 bridgehead atoms. The fourth-order valence-electron chi connectivity index (χ4n) is 1.99. The van der Waals surface area contributed by atoms with E-state index in [9.17, 15) is 9.18 Å². The van der Waals surface area contributed by atoms with Gasteiger partial charge in [0.25, 0.3) is 0 Å². The van der Waals surface area contributed by atoms with Crippen LogP contribution in [0.2, 0.25) is 5.02 Å². The van der Waals surface area contributed by atoms with Crippen molar-refractivity contribution >= 4 is 17.4 Å². The Labute approximate surface area is 174 Å². The molecule has 0 saturated heterocycles. The second-order valence-corrected chi connectivity index (χ2v) is 5.64. The molecule has 0 aliphatic carbocycles. The Bertz CT molecular complexity index is 464. The van der Waals surface area contributed by atoms with Crippen molar-refractivity contribution in [3.05, 3.63) is 35.6 Å². The average Bonchev–Trinajstić information content (AvgIpc) is 2.41. The molecule has 0 N–H and O–H groups in total. The van der Waals surface area contributed by atoms with Gasteiger partial charge in [0.05, 0.1) is 0 Å². The summed E-state index contributed by atoms with van der Waals surface area (Å²) in [5, 5.41) is 0.440. The first-order valence-electron chi connectivity index (χ1n) is 6.88. The van der Waals surface area contributed by atoms with Crippen molar-refractivity contribution in [2.45, 2.75) is 46.0 Å². The Morgan fingerprint density at radius 3 is 2.57 bits per heavy atom. The van der Waals surface area contributed by atoms with Crippen LogP contribution in [0.5, 0.6) is 5.75 Å². The largest absolute Gasteiger partial charge is 1.00 e. The van der Waals surface area contributed by atoms with E-state index < -0.39 is 5.82 Å². The fraction of sp³-hybridized carbons (Fsp3) is 0.500. The molecule has 0 saturated carbocycles. The Morgan fingerprint density at radius 1 is 1.33 bits per heavy atom. The first kappa shape index (κ1) is 21.5. The van der Waals surface area contributed by atoms with Crippen LogP contribution in [0.3, 0.4) is 0 Å². The van der Waals surface area contributed by atoms with Crippen LogP contribution in [-0.2, 0) is 11.2 Å². The molecule has 2 nitrogen and oxygen atoms in total. The van der Waals surface area contributed by atoms with Crippen LogP contribution in [0.1, 0.15) is 45.1 Å². The third-order valence-corrected chi connectivity index (χ3v) is 3.47. The Morgan fingerprint density at radius 2 is 2.00 bits per heavy atom. The van der Waals surface area contributed by atoms with Gasteiger partial charge < -0.3 is 4.74 Å². The van der Waals surface area contributed by atoms with E-state index in [0.29, 0.717) is 23.4 Å². The molecule has 0 fully saturated rings. The van der Waals surface area contributed by atoms with Gasteiger partial charge in [-0.2, -0.15) is 7.11 Å². The minimum Gasteiger partial charge on any atom is -0.663 e. The van der Waals surface area contributed by atoms with Crippen LogP contribution in [-0.4, -0.2) is 5.78 Å². The van der Waals surface area contributed by atoms with Crippen molar-refractivity contribution in [3.63, 3.8) is 0 Å². The number of ketones is 1. The molecule has 1 aromatic rings. The molecule has 1 aromatic carbocycles. The maximum absolute atomic E-state index is 13.9. The minimum atomic E-state index is -0.400. The summed E-state index contributed by atoms with van der Waals surface area (Å²) >= 11 is 5.90. The molecule has 0 aliphatic heterocycles. The molecule has 0 spiro atoms. The third-order valence-electron chi connectivity index (χ3n) is 3.25. The maximum atomic E-state index is 13.9. The quantitative estimate of drug-likeness (QED) is 0.411. The van der Waals surface area contributed by atoms with E-state index in [0.717, 1.165) is 19.3 Å². The summed E-state index contributed by atoms with van der Waals surface area (Å²) in [5.41, 5.74) is 0.534. The van der Waals surface area contributed by atoms with Gasteiger partial charge in [-0.05, 0) is 37.0 Å². The number of hydrogen-bond acceptors (Lipinski definition) is 2. The van der Waals surface area contributed by atoms with E-state index in [2.05, 4.69) is 7.11 Å². The van der Waals surface area contributed by atoms with Crippen molar-refractivity contribution < 1.29 is 65.3 Å². The third kappa shape index (κ3) is 7.57. The number of carbonyl (C=O) groups excluding carboxylic acids is 1. The number of hydrogen-bond donors (Lipinski definition) is 0. The van der Waals surface area contributed by atoms with Gasteiger partial charge in [-0.3, -0.25) is 4.79 Å². The number of aryl methyl sites for hydroxylation is 1. The first-order chi connectivity index (χ1) is 9.45. The Kier molecular flexibility index (Phi) is 11.4. The predicted octanol–water partition coefficient (Wildman–Crippen LogP) is 1.98. The predicted molar refractivity (Wildman–Crippen MR) is 79.4 cm³/mol. The zero-order valence-electron chi connectivity index (χ0n) is 13.0. The first-order valence-corrected chi connectivity index (χ1v) is 7.26. The molecular formula is C16H21ClFKO2. The molecule has 21 heavy (non-hydrogen) atoms. The number of Topliss-reactive ketones (excluding diaryl/α,β-unsaturated/α-hetero) is 1. The SMILES string of the molecule is [CH2-]Oc1cc(Cl)cc(CCCCCC(=O)C(C)C)c1F.[K+]. The van der Waals surface area contributed by atoms with Gasteiger partial charge in [-0.15, -0.1) is 0 Å². The van der Waals surface area contributed by atoms with Gasteiger partial charge in [0.15, 0.2) is 5.82 Å². The molecule has 112 valence electrons. The van der Waals surface area contributed by atoms with Crippen LogP contribution in [0.15, 0.2) is 12.1 Å². The van der Waals surface area contributed by atoms with E-state index in [1.54, 1.807) is 6.07 Å².